The summed E-state index contributed by atoms with van der Waals surface area (Å²) < 4.78 is 36.2. The molecule has 0 unspecified atom stereocenters. The smallest absolute Gasteiger partial charge is 0.166 e. The first kappa shape index (κ1) is 8.10. The molecule has 0 saturated carbocycles. The van der Waals surface area contributed by atoms with Crippen molar-refractivity contribution in [1.29, 1.82) is 0 Å². The lowest BCUT2D eigenvalue weighted by atomic mass is 10.1. The lowest BCUT2D eigenvalue weighted by Crippen LogP contribution is -2.17. The molecule has 0 bridgehead atoms. The highest BCUT2D eigenvalue weighted by atomic mass is 19.4. The normalized spacial score (nSPS) is 18.5. The number of nitrogens with zero attached hydrogens (tertiary/aromatic N) is 2. The van der Waals surface area contributed by atoms with Crippen LogP contribution in [0.15, 0.2) is 16.4 Å². The van der Waals surface area contributed by atoms with E-state index in [9.17, 15) is 13.2 Å². The van der Waals surface area contributed by atoms with E-state index >= 15 is 0 Å². The van der Waals surface area contributed by atoms with Crippen molar-refractivity contribution in [1.82, 2.24) is 5.43 Å². The lowest BCUT2D eigenvalue weighted by Gasteiger charge is -2.06. The number of hydrogen-bond donors (Lipinski definition) is 0. The summed E-state index contributed by atoms with van der Waals surface area (Å²) in [5.74, 6) is 0. The Morgan fingerprint density at radius 3 is 1.91 bits per heavy atom. The second kappa shape index (κ2) is 2.25. The molecule has 11 heavy (non-hydrogen) atoms. The van der Waals surface area contributed by atoms with E-state index in [-0.39, 0.29) is 11.4 Å². The van der Waals surface area contributed by atoms with Crippen LogP contribution in [0.5, 0.6) is 0 Å². The second-order valence-corrected chi connectivity index (χ2v) is 2.24. The van der Waals surface area contributed by atoms with Crippen LogP contribution in [0.25, 0.3) is 0 Å². The molecule has 0 aromatic rings. The van der Waals surface area contributed by atoms with Gasteiger partial charge in [0.15, 0.2) is 0 Å². The zero-order valence-corrected chi connectivity index (χ0v) is 6.03. The quantitative estimate of drug-likeness (QED) is 0.520. The highest BCUT2D eigenvalue weighted by molar-refractivity contribution is 6.01. The van der Waals surface area contributed by atoms with Gasteiger partial charge in [0.05, 0.1) is 11.4 Å². The monoisotopic (exact) mass is 163 g/mol. The molecular formula is C6H6F3N2. The Labute approximate surface area is 61.8 Å². The maximum Gasteiger partial charge on any atom is 0.420 e. The Bertz CT molecular complexity index is 237. The molecule has 1 rings (SSSR count). The Kier molecular flexibility index (Phi) is 1.66. The van der Waals surface area contributed by atoms with E-state index in [2.05, 4.69) is 10.5 Å². The minimum absolute atomic E-state index is 0.0602. The van der Waals surface area contributed by atoms with Crippen LogP contribution in [0, 0.1) is 0 Å². The molecule has 1 aliphatic rings. The fraction of sp³-hybridized carbons (Fsp3) is 0.500. The van der Waals surface area contributed by atoms with Crippen LogP contribution in [-0.4, -0.2) is 11.9 Å². The molecule has 1 heterocycles. The van der Waals surface area contributed by atoms with Gasteiger partial charge in [-0.25, -0.2) is 0 Å². The molecule has 0 fully saturated rings. The largest absolute Gasteiger partial charge is 0.420 e. The van der Waals surface area contributed by atoms with Crippen LogP contribution in [0.4, 0.5) is 13.2 Å². The van der Waals surface area contributed by atoms with E-state index in [4.69, 9.17) is 0 Å². The molecule has 5 heteroatoms. The second-order valence-electron chi connectivity index (χ2n) is 2.24. The third-order valence-corrected chi connectivity index (χ3v) is 1.36. The van der Waals surface area contributed by atoms with Gasteiger partial charge in [0.25, 0.3) is 0 Å². The van der Waals surface area contributed by atoms with Gasteiger partial charge in [0.2, 0.25) is 0 Å². The first-order valence-corrected chi connectivity index (χ1v) is 2.96. The average molecular weight is 163 g/mol. The van der Waals surface area contributed by atoms with Crippen LogP contribution in [0.3, 0.4) is 0 Å². The standard InChI is InChI=1S/C6H6F3N2/c1-3-5(6(7,8)9)4(2)11-10-3/h1-2H3. The van der Waals surface area contributed by atoms with Crippen LogP contribution in [0.1, 0.15) is 13.8 Å². The predicted molar refractivity (Wildman–Crippen MR) is 34.0 cm³/mol. The SMILES string of the molecule is CC1=N[N]C(C)=C1C(F)(F)F. The van der Waals surface area contributed by atoms with E-state index in [1.54, 1.807) is 0 Å². The highest BCUT2D eigenvalue weighted by Crippen LogP contribution is 2.31. The Morgan fingerprint density at radius 2 is 1.73 bits per heavy atom. The van der Waals surface area contributed by atoms with Crippen molar-refractivity contribution in [2.24, 2.45) is 5.10 Å². The van der Waals surface area contributed by atoms with E-state index in [0.29, 0.717) is 0 Å². The molecule has 0 atom stereocenters. The Balaban J connectivity index is 3.03. The van der Waals surface area contributed by atoms with Crippen molar-refractivity contribution in [3.8, 4) is 0 Å². The molecule has 0 aliphatic carbocycles. The summed E-state index contributed by atoms with van der Waals surface area (Å²) in [6.07, 6.45) is -4.32. The van der Waals surface area contributed by atoms with Gasteiger partial charge in [-0.3, -0.25) is 0 Å². The molecule has 0 aromatic carbocycles. The molecule has 1 radical (unpaired) electrons. The summed E-state index contributed by atoms with van der Waals surface area (Å²) in [4.78, 5) is 0. The van der Waals surface area contributed by atoms with Crippen molar-refractivity contribution in [3.63, 3.8) is 0 Å². The fourth-order valence-electron chi connectivity index (χ4n) is 0.922. The van der Waals surface area contributed by atoms with Gasteiger partial charge < -0.3 is 0 Å². The number of alkyl halides is 3. The minimum atomic E-state index is -4.32. The van der Waals surface area contributed by atoms with Crippen LogP contribution < -0.4 is 5.43 Å². The first-order chi connectivity index (χ1) is 4.93. The molecule has 61 valence electrons. The summed E-state index contributed by atoms with van der Waals surface area (Å²) in [6, 6.07) is 0. The zero-order valence-electron chi connectivity index (χ0n) is 6.03. The third-order valence-electron chi connectivity index (χ3n) is 1.36. The van der Waals surface area contributed by atoms with Crippen molar-refractivity contribution in [2.45, 2.75) is 20.0 Å². The van der Waals surface area contributed by atoms with Crippen LogP contribution in [0.2, 0.25) is 0 Å². The van der Waals surface area contributed by atoms with Gasteiger partial charge in [0.1, 0.15) is 5.57 Å². The summed E-state index contributed by atoms with van der Waals surface area (Å²) in [5.41, 5.74) is 2.48. The minimum Gasteiger partial charge on any atom is -0.166 e. The maximum absolute atomic E-state index is 12.1. The summed E-state index contributed by atoms with van der Waals surface area (Å²) in [6.45, 7) is 2.59. The molecule has 0 saturated heterocycles. The van der Waals surface area contributed by atoms with Crippen molar-refractivity contribution in [2.75, 3.05) is 0 Å². The van der Waals surface area contributed by atoms with Gasteiger partial charge in [-0.2, -0.15) is 23.7 Å². The first-order valence-electron chi connectivity index (χ1n) is 2.96. The third kappa shape index (κ3) is 1.36. The molecule has 0 amide bonds. The van der Waals surface area contributed by atoms with E-state index in [1.807, 2.05) is 0 Å². The number of allylic oxidation sites excluding steroid dienone is 2. The predicted octanol–water partition coefficient (Wildman–Crippen LogP) is 1.82. The van der Waals surface area contributed by atoms with Gasteiger partial charge in [-0.1, -0.05) is 0 Å². The highest BCUT2D eigenvalue weighted by Gasteiger charge is 2.39. The number of hydrogen-bond acceptors (Lipinski definition) is 1. The Hall–Kier alpha value is -1.00. The van der Waals surface area contributed by atoms with Gasteiger partial charge in [0, 0.05) is 0 Å². The van der Waals surface area contributed by atoms with Gasteiger partial charge in [-0.15, -0.1) is 0 Å². The molecular weight excluding hydrogens is 157 g/mol. The Morgan fingerprint density at radius 1 is 1.18 bits per heavy atom. The lowest BCUT2D eigenvalue weighted by molar-refractivity contribution is -0.0866. The van der Waals surface area contributed by atoms with Crippen molar-refractivity contribution in [3.05, 3.63) is 11.3 Å². The molecule has 0 N–H and O–H groups in total. The molecule has 1 aliphatic heterocycles. The number of halogens is 3. The maximum atomic E-state index is 12.1. The molecule has 0 spiro atoms. The van der Waals surface area contributed by atoms with E-state index in [0.717, 1.165) is 0 Å². The number of rotatable bonds is 0. The molecule has 0 aromatic heterocycles. The fourth-order valence-corrected chi connectivity index (χ4v) is 0.922. The van der Waals surface area contributed by atoms with Crippen LogP contribution in [-0.2, 0) is 0 Å². The topological polar surface area (TPSA) is 26.5 Å². The summed E-state index contributed by atoms with van der Waals surface area (Å²) in [5, 5.41) is 3.31. The zero-order chi connectivity index (χ0) is 8.65. The van der Waals surface area contributed by atoms with Crippen LogP contribution >= 0.6 is 0 Å². The van der Waals surface area contributed by atoms with Crippen molar-refractivity contribution < 1.29 is 13.2 Å². The summed E-state index contributed by atoms with van der Waals surface area (Å²) >= 11 is 0. The average Bonchev–Trinajstić information content (AvgIpc) is 2.08. The van der Waals surface area contributed by atoms with Gasteiger partial charge >= 0.3 is 6.18 Å². The molecule has 2 nitrogen and oxygen atoms in total. The van der Waals surface area contributed by atoms with E-state index in [1.165, 1.54) is 13.8 Å². The van der Waals surface area contributed by atoms with E-state index < -0.39 is 11.7 Å². The van der Waals surface area contributed by atoms with Crippen molar-refractivity contribution >= 4 is 5.71 Å². The summed E-state index contributed by atoms with van der Waals surface area (Å²) in [7, 11) is 0. The van der Waals surface area contributed by atoms with Gasteiger partial charge in [-0.05, 0) is 13.8 Å².